The third-order valence-electron chi connectivity index (χ3n) is 3.46. The summed E-state index contributed by atoms with van der Waals surface area (Å²) in [6.07, 6.45) is 4.49. The molecule has 0 amide bonds. The van der Waals surface area contributed by atoms with Crippen molar-refractivity contribution < 1.29 is 9.90 Å². The van der Waals surface area contributed by atoms with E-state index in [0.29, 0.717) is 6.54 Å². The van der Waals surface area contributed by atoms with Crippen LogP contribution in [0.15, 0.2) is 36.8 Å². The molecule has 0 aliphatic rings. The first-order valence-electron chi connectivity index (χ1n) is 6.88. The molecule has 0 aliphatic heterocycles. The van der Waals surface area contributed by atoms with E-state index in [9.17, 15) is 4.79 Å². The number of aromatic carboxylic acids is 1. The van der Waals surface area contributed by atoms with Crippen LogP contribution in [0.1, 0.15) is 29.5 Å². The number of carbonyl (C=O) groups is 1. The standard InChI is InChI=1S/C15H16N4O2/c1-2-6-19-14(16-10-17-19)9-18-7-5-11-3-4-12(15(20)21)8-13(11)18/h3-5,7-8,10H,2,6,9H2,1H3,(H,20,21). The van der Waals surface area contributed by atoms with Crippen LogP contribution >= 0.6 is 0 Å². The van der Waals surface area contributed by atoms with Crippen molar-refractivity contribution in [1.29, 1.82) is 0 Å². The fourth-order valence-corrected chi connectivity index (χ4v) is 2.42. The third kappa shape index (κ3) is 2.52. The van der Waals surface area contributed by atoms with Crippen LogP contribution in [0.2, 0.25) is 0 Å². The summed E-state index contributed by atoms with van der Waals surface area (Å²) < 4.78 is 3.88. The van der Waals surface area contributed by atoms with Gasteiger partial charge in [0.1, 0.15) is 12.2 Å². The van der Waals surface area contributed by atoms with Crippen molar-refractivity contribution in [2.45, 2.75) is 26.4 Å². The number of aryl methyl sites for hydroxylation is 1. The van der Waals surface area contributed by atoms with Crippen molar-refractivity contribution in [3.05, 3.63) is 48.2 Å². The molecule has 0 radical (unpaired) electrons. The van der Waals surface area contributed by atoms with E-state index in [1.165, 1.54) is 0 Å². The lowest BCUT2D eigenvalue weighted by Gasteiger charge is -2.07. The minimum absolute atomic E-state index is 0.289. The minimum atomic E-state index is -0.918. The van der Waals surface area contributed by atoms with Gasteiger partial charge in [-0.2, -0.15) is 5.10 Å². The molecule has 21 heavy (non-hydrogen) atoms. The van der Waals surface area contributed by atoms with Crippen molar-refractivity contribution in [1.82, 2.24) is 19.3 Å². The van der Waals surface area contributed by atoms with Crippen molar-refractivity contribution >= 4 is 16.9 Å². The fourth-order valence-electron chi connectivity index (χ4n) is 2.42. The molecular formula is C15H16N4O2. The molecule has 3 aromatic rings. The summed E-state index contributed by atoms with van der Waals surface area (Å²) in [5.74, 6) is -0.0473. The quantitative estimate of drug-likeness (QED) is 0.780. The maximum atomic E-state index is 11.1. The molecule has 0 atom stereocenters. The predicted molar refractivity (Wildman–Crippen MR) is 78.3 cm³/mol. The Kier molecular flexibility index (Phi) is 3.43. The number of carboxylic acid groups (broad SMARTS) is 1. The van der Waals surface area contributed by atoms with Crippen LogP contribution < -0.4 is 0 Å². The second-order valence-corrected chi connectivity index (χ2v) is 4.92. The summed E-state index contributed by atoms with van der Waals surface area (Å²) in [6.45, 7) is 3.50. The Morgan fingerprint density at radius 1 is 1.33 bits per heavy atom. The van der Waals surface area contributed by atoms with E-state index >= 15 is 0 Å². The Morgan fingerprint density at radius 2 is 2.19 bits per heavy atom. The van der Waals surface area contributed by atoms with Gasteiger partial charge in [0, 0.05) is 18.3 Å². The topological polar surface area (TPSA) is 72.9 Å². The van der Waals surface area contributed by atoms with Crippen molar-refractivity contribution in [2.75, 3.05) is 0 Å². The van der Waals surface area contributed by atoms with Crippen LogP contribution in [0.5, 0.6) is 0 Å². The minimum Gasteiger partial charge on any atom is -0.478 e. The van der Waals surface area contributed by atoms with Crippen molar-refractivity contribution in [3.63, 3.8) is 0 Å². The summed E-state index contributed by atoms with van der Waals surface area (Å²) in [5.41, 5.74) is 1.18. The zero-order chi connectivity index (χ0) is 14.8. The van der Waals surface area contributed by atoms with Crippen LogP contribution in [0.3, 0.4) is 0 Å². The molecule has 0 spiro atoms. The monoisotopic (exact) mass is 284 g/mol. The number of nitrogens with zero attached hydrogens (tertiary/aromatic N) is 4. The number of fused-ring (bicyclic) bond motifs is 1. The summed E-state index contributed by atoms with van der Waals surface area (Å²) in [6, 6.07) is 7.11. The predicted octanol–water partition coefficient (Wildman–Crippen LogP) is 2.39. The maximum absolute atomic E-state index is 11.1. The molecule has 3 rings (SSSR count). The highest BCUT2D eigenvalue weighted by molar-refractivity contribution is 5.93. The molecular weight excluding hydrogens is 268 g/mol. The SMILES string of the molecule is CCCn1ncnc1Cn1ccc2ccc(C(=O)O)cc21. The number of rotatable bonds is 5. The normalized spacial score (nSPS) is 11.1. The number of benzene rings is 1. The van der Waals surface area contributed by atoms with Gasteiger partial charge in [-0.05, 0) is 30.0 Å². The number of hydrogen-bond acceptors (Lipinski definition) is 3. The first-order valence-corrected chi connectivity index (χ1v) is 6.88. The van der Waals surface area contributed by atoms with Crippen LogP contribution in [0, 0.1) is 0 Å². The molecule has 0 fully saturated rings. The molecule has 1 N–H and O–H groups in total. The average Bonchev–Trinajstić information content (AvgIpc) is 3.07. The molecule has 108 valence electrons. The van der Waals surface area contributed by atoms with Gasteiger partial charge in [0.05, 0.1) is 12.1 Å². The van der Waals surface area contributed by atoms with Gasteiger partial charge < -0.3 is 9.67 Å². The maximum Gasteiger partial charge on any atom is 0.335 e. The Labute approximate surface area is 121 Å². The van der Waals surface area contributed by atoms with E-state index < -0.39 is 5.97 Å². The van der Waals surface area contributed by atoms with Gasteiger partial charge in [0.25, 0.3) is 0 Å². The molecule has 6 nitrogen and oxygen atoms in total. The zero-order valence-corrected chi connectivity index (χ0v) is 11.7. The van der Waals surface area contributed by atoms with Gasteiger partial charge in [0.15, 0.2) is 0 Å². The second-order valence-electron chi connectivity index (χ2n) is 4.92. The highest BCUT2D eigenvalue weighted by atomic mass is 16.4. The molecule has 6 heteroatoms. The second kappa shape index (κ2) is 5.40. The fraction of sp³-hybridized carbons (Fsp3) is 0.267. The lowest BCUT2D eigenvalue weighted by molar-refractivity contribution is 0.0697. The van der Waals surface area contributed by atoms with Crippen molar-refractivity contribution in [3.8, 4) is 0 Å². The van der Waals surface area contributed by atoms with Crippen LogP contribution in [0.25, 0.3) is 10.9 Å². The third-order valence-corrected chi connectivity index (χ3v) is 3.46. The van der Waals surface area contributed by atoms with E-state index in [4.69, 9.17) is 5.11 Å². The van der Waals surface area contributed by atoms with Crippen LogP contribution in [-0.4, -0.2) is 30.4 Å². The molecule has 0 saturated carbocycles. The Hall–Kier alpha value is -2.63. The molecule has 0 saturated heterocycles. The van der Waals surface area contributed by atoms with Gasteiger partial charge >= 0.3 is 5.97 Å². The molecule has 0 bridgehead atoms. The van der Waals surface area contributed by atoms with Gasteiger partial charge in [-0.3, -0.25) is 0 Å². The molecule has 0 aliphatic carbocycles. The van der Waals surface area contributed by atoms with Gasteiger partial charge in [-0.15, -0.1) is 0 Å². The summed E-state index contributed by atoms with van der Waals surface area (Å²) in [5, 5.41) is 14.3. The first-order chi connectivity index (χ1) is 10.2. The Bertz CT molecular complexity index is 788. The van der Waals surface area contributed by atoms with Crippen LogP contribution in [0.4, 0.5) is 0 Å². The number of hydrogen-bond donors (Lipinski definition) is 1. The van der Waals surface area contributed by atoms with E-state index in [2.05, 4.69) is 17.0 Å². The Balaban J connectivity index is 1.98. The van der Waals surface area contributed by atoms with Crippen molar-refractivity contribution in [2.24, 2.45) is 0 Å². The largest absolute Gasteiger partial charge is 0.478 e. The zero-order valence-electron chi connectivity index (χ0n) is 11.7. The first kappa shape index (κ1) is 13.4. The molecule has 0 unspecified atom stereocenters. The average molecular weight is 284 g/mol. The van der Waals surface area contributed by atoms with Crippen LogP contribution in [-0.2, 0) is 13.1 Å². The summed E-state index contributed by atoms with van der Waals surface area (Å²) >= 11 is 0. The Morgan fingerprint density at radius 3 is 2.95 bits per heavy atom. The smallest absolute Gasteiger partial charge is 0.335 e. The lowest BCUT2D eigenvalue weighted by atomic mass is 10.1. The van der Waals surface area contributed by atoms with Gasteiger partial charge in [-0.25, -0.2) is 14.5 Å². The van der Waals surface area contributed by atoms with E-state index in [-0.39, 0.29) is 5.56 Å². The highest BCUT2D eigenvalue weighted by Gasteiger charge is 2.09. The molecule has 1 aromatic carbocycles. The molecule has 2 heterocycles. The lowest BCUT2D eigenvalue weighted by Crippen LogP contribution is -2.09. The van der Waals surface area contributed by atoms with E-state index in [1.807, 2.05) is 27.6 Å². The van der Waals surface area contributed by atoms with E-state index in [1.54, 1.807) is 18.5 Å². The highest BCUT2D eigenvalue weighted by Crippen LogP contribution is 2.19. The van der Waals surface area contributed by atoms with E-state index in [0.717, 1.165) is 29.7 Å². The van der Waals surface area contributed by atoms with Gasteiger partial charge in [0.2, 0.25) is 0 Å². The summed E-state index contributed by atoms with van der Waals surface area (Å²) in [7, 11) is 0. The number of carboxylic acids is 1. The number of aromatic nitrogens is 4. The summed E-state index contributed by atoms with van der Waals surface area (Å²) in [4.78, 5) is 15.4. The van der Waals surface area contributed by atoms with Gasteiger partial charge in [-0.1, -0.05) is 13.0 Å². The molecule has 2 aromatic heterocycles.